The van der Waals surface area contributed by atoms with Crippen molar-refractivity contribution in [3.8, 4) is 0 Å². The summed E-state index contributed by atoms with van der Waals surface area (Å²) in [6.07, 6.45) is 1.01. The zero-order chi connectivity index (χ0) is 11.4. The molecule has 15 heavy (non-hydrogen) atoms. The van der Waals surface area contributed by atoms with Crippen molar-refractivity contribution in [2.24, 2.45) is 5.73 Å². The molecule has 0 aromatic carbocycles. The van der Waals surface area contributed by atoms with Gasteiger partial charge in [0, 0.05) is 6.54 Å². The van der Waals surface area contributed by atoms with Crippen LogP contribution < -0.4 is 5.73 Å². The Kier molecular flexibility index (Phi) is 4.40. The predicted octanol–water partition coefficient (Wildman–Crippen LogP) is 2.62. The normalized spacial score (nSPS) is 22.4. The summed E-state index contributed by atoms with van der Waals surface area (Å²) in [5.41, 5.74) is 4.81. The molecule has 1 saturated carbocycles. The fourth-order valence-electron chi connectivity index (χ4n) is 2.02. The maximum Gasteiger partial charge on any atom is 0.411 e. The zero-order valence-corrected chi connectivity index (χ0v) is 8.78. The lowest BCUT2D eigenvalue weighted by molar-refractivity contribution is -0.206. The fraction of sp³-hybridized carbons (Fsp3) is 1.00. The van der Waals surface area contributed by atoms with E-state index in [1.54, 1.807) is 0 Å². The Morgan fingerprint density at radius 2 is 1.60 bits per heavy atom. The van der Waals surface area contributed by atoms with Crippen LogP contribution in [0.2, 0.25) is 0 Å². The molecular weight excluding hydrogens is 207 g/mol. The van der Waals surface area contributed by atoms with Crippen LogP contribution >= 0.6 is 0 Å². The summed E-state index contributed by atoms with van der Waals surface area (Å²) in [6, 6.07) is 0. The zero-order valence-electron chi connectivity index (χ0n) is 8.78. The van der Waals surface area contributed by atoms with E-state index < -0.39 is 18.4 Å². The molecule has 1 fully saturated rings. The van der Waals surface area contributed by atoms with Crippen molar-refractivity contribution in [1.29, 1.82) is 0 Å². The van der Waals surface area contributed by atoms with Crippen LogP contribution in [0, 0.1) is 0 Å². The van der Waals surface area contributed by atoms with Gasteiger partial charge in [-0.1, -0.05) is 25.7 Å². The Morgan fingerprint density at radius 3 is 2.00 bits per heavy atom. The van der Waals surface area contributed by atoms with Gasteiger partial charge in [0.25, 0.3) is 0 Å². The molecule has 0 amide bonds. The highest BCUT2D eigenvalue weighted by Gasteiger charge is 2.36. The van der Waals surface area contributed by atoms with Gasteiger partial charge in [0.05, 0.1) is 5.60 Å². The summed E-state index contributed by atoms with van der Waals surface area (Å²) >= 11 is 0. The molecular formula is C10H18F3NO. The van der Waals surface area contributed by atoms with Crippen LogP contribution in [0.15, 0.2) is 0 Å². The minimum atomic E-state index is -4.26. The molecule has 0 saturated heterocycles. The van der Waals surface area contributed by atoms with Gasteiger partial charge in [-0.2, -0.15) is 13.2 Å². The van der Waals surface area contributed by atoms with Crippen LogP contribution in [-0.4, -0.2) is 24.9 Å². The highest BCUT2D eigenvalue weighted by atomic mass is 19.4. The number of rotatable bonds is 3. The SMILES string of the molecule is NCC1(OCC(F)(F)F)CCCCCC1. The van der Waals surface area contributed by atoms with Gasteiger partial charge in [0.15, 0.2) is 0 Å². The Balaban J connectivity index is 2.50. The van der Waals surface area contributed by atoms with Crippen LogP contribution in [0.3, 0.4) is 0 Å². The minimum absolute atomic E-state index is 0.184. The van der Waals surface area contributed by atoms with Crippen molar-refractivity contribution in [2.45, 2.75) is 50.3 Å². The number of ether oxygens (including phenoxy) is 1. The Morgan fingerprint density at radius 1 is 1.07 bits per heavy atom. The first-order valence-corrected chi connectivity index (χ1v) is 5.38. The lowest BCUT2D eigenvalue weighted by atomic mass is 9.94. The van der Waals surface area contributed by atoms with E-state index in [4.69, 9.17) is 10.5 Å². The van der Waals surface area contributed by atoms with Crippen molar-refractivity contribution in [3.63, 3.8) is 0 Å². The summed E-state index contributed by atoms with van der Waals surface area (Å²) in [7, 11) is 0. The molecule has 0 spiro atoms. The Bertz CT molecular complexity index is 186. The molecule has 1 rings (SSSR count). The summed E-state index contributed by atoms with van der Waals surface area (Å²) < 4.78 is 41.2. The lowest BCUT2D eigenvalue weighted by Gasteiger charge is -2.32. The van der Waals surface area contributed by atoms with Crippen LogP contribution in [-0.2, 0) is 4.74 Å². The van der Waals surface area contributed by atoms with E-state index in [9.17, 15) is 13.2 Å². The Hall–Kier alpha value is -0.290. The van der Waals surface area contributed by atoms with Crippen molar-refractivity contribution in [1.82, 2.24) is 0 Å². The number of alkyl halides is 3. The average molecular weight is 225 g/mol. The summed E-state index contributed by atoms with van der Waals surface area (Å²) in [4.78, 5) is 0. The number of hydrogen-bond donors (Lipinski definition) is 1. The topological polar surface area (TPSA) is 35.2 Å². The molecule has 0 radical (unpaired) electrons. The second kappa shape index (κ2) is 5.16. The maximum atomic E-state index is 12.1. The monoisotopic (exact) mass is 225 g/mol. The smallest absolute Gasteiger partial charge is 0.364 e. The second-order valence-corrected chi connectivity index (χ2v) is 4.21. The highest BCUT2D eigenvalue weighted by molar-refractivity contribution is 4.84. The molecule has 1 aliphatic rings. The average Bonchev–Trinajstić information content (AvgIpc) is 2.40. The molecule has 0 aromatic rings. The predicted molar refractivity (Wildman–Crippen MR) is 51.5 cm³/mol. The minimum Gasteiger partial charge on any atom is -0.364 e. The first-order valence-electron chi connectivity index (χ1n) is 5.38. The highest BCUT2D eigenvalue weighted by Crippen LogP contribution is 2.31. The van der Waals surface area contributed by atoms with E-state index in [-0.39, 0.29) is 6.54 Å². The first kappa shape index (κ1) is 12.8. The molecule has 2 nitrogen and oxygen atoms in total. The van der Waals surface area contributed by atoms with Gasteiger partial charge in [0.2, 0.25) is 0 Å². The van der Waals surface area contributed by atoms with E-state index >= 15 is 0 Å². The van der Waals surface area contributed by atoms with Gasteiger partial charge in [-0.15, -0.1) is 0 Å². The molecule has 0 aromatic heterocycles. The van der Waals surface area contributed by atoms with Gasteiger partial charge in [-0.25, -0.2) is 0 Å². The number of hydrogen-bond acceptors (Lipinski definition) is 2. The maximum absolute atomic E-state index is 12.1. The van der Waals surface area contributed by atoms with Gasteiger partial charge in [-0.3, -0.25) is 0 Å². The molecule has 5 heteroatoms. The largest absolute Gasteiger partial charge is 0.411 e. The summed E-state index contributed by atoms with van der Waals surface area (Å²) in [5, 5.41) is 0. The standard InChI is InChI=1S/C10H18F3NO/c11-10(12,13)8-15-9(7-14)5-3-1-2-4-6-9/h1-8,14H2. The fourth-order valence-corrected chi connectivity index (χ4v) is 2.02. The molecule has 0 unspecified atom stereocenters. The number of halogens is 3. The van der Waals surface area contributed by atoms with E-state index in [0.29, 0.717) is 12.8 Å². The first-order chi connectivity index (χ1) is 6.97. The van der Waals surface area contributed by atoms with Crippen LogP contribution in [0.4, 0.5) is 13.2 Å². The quantitative estimate of drug-likeness (QED) is 0.749. The molecule has 0 atom stereocenters. The van der Waals surface area contributed by atoms with Crippen molar-refractivity contribution >= 4 is 0 Å². The van der Waals surface area contributed by atoms with Crippen molar-refractivity contribution < 1.29 is 17.9 Å². The van der Waals surface area contributed by atoms with E-state index in [1.807, 2.05) is 0 Å². The third-order valence-electron chi connectivity index (χ3n) is 2.93. The van der Waals surface area contributed by atoms with E-state index in [0.717, 1.165) is 25.7 Å². The molecule has 0 aliphatic heterocycles. The van der Waals surface area contributed by atoms with E-state index in [2.05, 4.69) is 0 Å². The Labute approximate surface area is 88.0 Å². The van der Waals surface area contributed by atoms with Crippen molar-refractivity contribution in [2.75, 3.05) is 13.2 Å². The van der Waals surface area contributed by atoms with E-state index in [1.165, 1.54) is 0 Å². The molecule has 90 valence electrons. The molecule has 1 aliphatic carbocycles. The van der Waals surface area contributed by atoms with Gasteiger partial charge >= 0.3 is 6.18 Å². The molecule has 2 N–H and O–H groups in total. The molecule has 0 bridgehead atoms. The van der Waals surface area contributed by atoms with Crippen LogP contribution in [0.5, 0.6) is 0 Å². The van der Waals surface area contributed by atoms with Crippen molar-refractivity contribution in [3.05, 3.63) is 0 Å². The third kappa shape index (κ3) is 4.38. The third-order valence-corrected chi connectivity index (χ3v) is 2.93. The summed E-state index contributed by atoms with van der Waals surface area (Å²) in [5.74, 6) is 0. The van der Waals surface area contributed by atoms with Gasteiger partial charge < -0.3 is 10.5 Å². The molecule has 0 heterocycles. The van der Waals surface area contributed by atoms with Crippen LogP contribution in [0.25, 0.3) is 0 Å². The van der Waals surface area contributed by atoms with Gasteiger partial charge in [-0.05, 0) is 12.8 Å². The number of nitrogens with two attached hydrogens (primary N) is 1. The second-order valence-electron chi connectivity index (χ2n) is 4.21. The lowest BCUT2D eigenvalue weighted by Crippen LogP contribution is -2.42. The van der Waals surface area contributed by atoms with Gasteiger partial charge in [0.1, 0.15) is 6.61 Å². The van der Waals surface area contributed by atoms with Crippen LogP contribution in [0.1, 0.15) is 38.5 Å². The summed E-state index contributed by atoms with van der Waals surface area (Å²) in [6.45, 7) is -0.993.